The van der Waals surface area contributed by atoms with E-state index in [9.17, 15) is 14.4 Å². The zero-order valence-corrected chi connectivity index (χ0v) is 18.0. The Morgan fingerprint density at radius 1 is 1.11 bits per heavy atom. The molecule has 3 atom stereocenters. The van der Waals surface area contributed by atoms with E-state index < -0.39 is 18.0 Å². The van der Waals surface area contributed by atoms with Crippen molar-refractivity contribution in [3.63, 3.8) is 0 Å². The van der Waals surface area contributed by atoms with Crippen LogP contribution >= 0.6 is 0 Å². The van der Waals surface area contributed by atoms with Crippen LogP contribution in [0.3, 0.4) is 0 Å². The average molecular weight is 385 g/mol. The fourth-order valence-electron chi connectivity index (χ4n) is 2.99. The number of rotatable bonds is 9. The van der Waals surface area contributed by atoms with Gasteiger partial charge in [0.05, 0.1) is 6.04 Å². The van der Waals surface area contributed by atoms with Crippen LogP contribution in [0.4, 0.5) is 0 Å². The number of likely N-dealkylation sites (N-methyl/N-ethyl adjacent to an activating group) is 1. The second-order valence-electron chi connectivity index (χ2n) is 7.54. The summed E-state index contributed by atoms with van der Waals surface area (Å²) in [6, 6.07) is -1.57. The molecule has 158 valence electrons. The lowest BCUT2D eigenvalue weighted by Gasteiger charge is -2.28. The Labute approximate surface area is 164 Å². The van der Waals surface area contributed by atoms with Crippen LogP contribution in [-0.2, 0) is 14.4 Å². The normalized spacial score (nSPS) is 18.5. The molecular weight excluding hydrogens is 344 g/mol. The predicted molar refractivity (Wildman–Crippen MR) is 109 cm³/mol. The maximum absolute atomic E-state index is 12.4. The molecule has 4 N–H and O–H groups in total. The number of nitrogens with one attached hydrogen (secondary N) is 2. The summed E-state index contributed by atoms with van der Waals surface area (Å²) in [4.78, 5) is 37.6. The number of nitrogens with two attached hydrogens (primary N) is 1. The molecule has 0 aromatic rings. The van der Waals surface area contributed by atoms with Crippen molar-refractivity contribution in [2.75, 3.05) is 13.6 Å². The monoisotopic (exact) mass is 384 g/mol. The van der Waals surface area contributed by atoms with Gasteiger partial charge in [0.25, 0.3) is 0 Å². The van der Waals surface area contributed by atoms with Crippen LogP contribution in [-0.4, -0.2) is 54.3 Å². The molecule has 0 radical (unpaired) electrons. The van der Waals surface area contributed by atoms with Gasteiger partial charge in [0.15, 0.2) is 0 Å². The van der Waals surface area contributed by atoms with Crippen molar-refractivity contribution in [2.24, 2.45) is 11.7 Å². The Morgan fingerprint density at radius 2 is 1.67 bits per heavy atom. The van der Waals surface area contributed by atoms with Crippen LogP contribution < -0.4 is 16.4 Å². The van der Waals surface area contributed by atoms with Crippen LogP contribution in [0, 0.1) is 5.92 Å². The second-order valence-corrected chi connectivity index (χ2v) is 7.54. The summed E-state index contributed by atoms with van der Waals surface area (Å²) in [5, 5.41) is 5.55. The lowest BCUT2D eigenvalue weighted by molar-refractivity contribution is -0.140. The zero-order chi connectivity index (χ0) is 21.0. The third-order valence-corrected chi connectivity index (χ3v) is 4.87. The highest BCUT2D eigenvalue weighted by atomic mass is 16.2. The predicted octanol–water partition coefficient (Wildman–Crippen LogP) is 1.80. The lowest BCUT2D eigenvalue weighted by Crippen LogP contribution is -2.55. The highest BCUT2D eigenvalue weighted by Crippen LogP contribution is 2.19. The van der Waals surface area contributed by atoms with Gasteiger partial charge in [-0.25, -0.2) is 0 Å². The molecule has 3 amide bonds. The molecule has 0 aliphatic carbocycles. The first-order chi connectivity index (χ1) is 12.7. The van der Waals surface area contributed by atoms with Crippen molar-refractivity contribution < 1.29 is 14.4 Å². The third kappa shape index (κ3) is 8.73. The molecule has 1 saturated heterocycles. The van der Waals surface area contributed by atoms with Crippen molar-refractivity contribution in [1.82, 2.24) is 15.5 Å². The lowest BCUT2D eigenvalue weighted by atomic mass is 10.0. The summed E-state index contributed by atoms with van der Waals surface area (Å²) in [6.07, 6.45) is 6.93. The minimum Gasteiger partial charge on any atom is -0.368 e. The van der Waals surface area contributed by atoms with Gasteiger partial charge in [-0.2, -0.15) is 0 Å². The Balaban J connectivity index is 0.000000972. The molecule has 1 rings (SSSR count). The molecule has 0 bridgehead atoms. The van der Waals surface area contributed by atoms with Gasteiger partial charge in [-0.05, 0) is 32.7 Å². The van der Waals surface area contributed by atoms with Gasteiger partial charge in [-0.1, -0.05) is 53.4 Å². The summed E-state index contributed by atoms with van der Waals surface area (Å²) >= 11 is 0. The maximum Gasteiger partial charge on any atom is 0.243 e. The van der Waals surface area contributed by atoms with Crippen LogP contribution in [0.5, 0.6) is 0 Å². The first kappa shape index (κ1) is 25.4. The topological polar surface area (TPSA) is 105 Å². The fraction of sp³-hybridized carbons (Fsp3) is 0.850. The van der Waals surface area contributed by atoms with E-state index in [0.29, 0.717) is 13.0 Å². The quantitative estimate of drug-likeness (QED) is 0.527. The number of nitrogens with zero attached hydrogens (tertiary/aromatic N) is 1. The molecule has 0 aromatic heterocycles. The molecule has 0 aromatic carbocycles. The fourth-order valence-corrected chi connectivity index (χ4v) is 2.99. The summed E-state index contributed by atoms with van der Waals surface area (Å²) in [5.74, 6) is -1.05. The standard InChI is InChI=1S/C14H26N4O3.C6H14/c1-8(2)11(12(15)19)17-13(20)10-6-5-7-18(10)14(21)9(3)16-4;1-3-5-6-4-2/h8-11,16H,5-7H2,1-4H3,(H2,15,19)(H,17,20);3-6H2,1-2H3. The minimum absolute atomic E-state index is 0.0896. The molecule has 0 saturated carbocycles. The van der Waals surface area contributed by atoms with Gasteiger partial charge < -0.3 is 21.3 Å². The van der Waals surface area contributed by atoms with E-state index in [2.05, 4.69) is 24.5 Å². The van der Waals surface area contributed by atoms with Crippen molar-refractivity contribution >= 4 is 17.7 Å². The van der Waals surface area contributed by atoms with Gasteiger partial charge in [0.1, 0.15) is 12.1 Å². The van der Waals surface area contributed by atoms with Gasteiger partial charge >= 0.3 is 0 Å². The molecule has 1 fully saturated rings. The summed E-state index contributed by atoms with van der Waals surface area (Å²) in [6.45, 7) is 10.4. The van der Waals surface area contributed by atoms with Crippen LogP contribution in [0.1, 0.15) is 73.1 Å². The molecule has 1 heterocycles. The minimum atomic E-state index is -0.711. The maximum atomic E-state index is 12.4. The molecular formula is C20H40N4O3. The first-order valence-corrected chi connectivity index (χ1v) is 10.3. The number of primary amides is 1. The van der Waals surface area contributed by atoms with Gasteiger partial charge in [-0.3, -0.25) is 14.4 Å². The number of amides is 3. The third-order valence-electron chi connectivity index (χ3n) is 4.87. The number of hydrogen-bond donors (Lipinski definition) is 3. The highest BCUT2D eigenvalue weighted by molar-refractivity contribution is 5.93. The van der Waals surface area contributed by atoms with Gasteiger partial charge in [-0.15, -0.1) is 0 Å². The Bertz CT molecular complexity index is 464. The molecule has 3 unspecified atom stereocenters. The number of carbonyl (C=O) groups excluding carboxylic acids is 3. The van der Waals surface area contributed by atoms with Crippen LogP contribution in [0.2, 0.25) is 0 Å². The molecule has 1 aliphatic heterocycles. The average Bonchev–Trinajstić information content (AvgIpc) is 3.12. The molecule has 1 aliphatic rings. The number of likely N-dealkylation sites (tertiary alicyclic amines) is 1. The molecule has 27 heavy (non-hydrogen) atoms. The number of unbranched alkanes of at least 4 members (excludes halogenated alkanes) is 3. The van der Waals surface area contributed by atoms with Crippen molar-refractivity contribution in [3.8, 4) is 0 Å². The van der Waals surface area contributed by atoms with E-state index in [1.54, 1.807) is 18.9 Å². The van der Waals surface area contributed by atoms with Crippen LogP contribution in [0.25, 0.3) is 0 Å². The summed E-state index contributed by atoms with van der Waals surface area (Å²) in [7, 11) is 1.70. The first-order valence-electron chi connectivity index (χ1n) is 10.3. The Morgan fingerprint density at radius 3 is 2.07 bits per heavy atom. The summed E-state index contributed by atoms with van der Waals surface area (Å²) in [5.41, 5.74) is 5.30. The SMILES string of the molecule is CCCCCC.CNC(C)C(=O)N1CCCC1C(=O)NC(C(N)=O)C(C)C. The largest absolute Gasteiger partial charge is 0.368 e. The smallest absolute Gasteiger partial charge is 0.243 e. The molecule has 7 heteroatoms. The van der Waals surface area contributed by atoms with Crippen molar-refractivity contribution in [1.29, 1.82) is 0 Å². The Kier molecular flexibility index (Phi) is 12.7. The van der Waals surface area contributed by atoms with Crippen molar-refractivity contribution in [2.45, 2.75) is 91.3 Å². The Hall–Kier alpha value is -1.63. The second kappa shape index (κ2) is 13.5. The van der Waals surface area contributed by atoms with E-state index in [-0.39, 0.29) is 23.8 Å². The number of carbonyl (C=O) groups is 3. The van der Waals surface area contributed by atoms with E-state index >= 15 is 0 Å². The van der Waals surface area contributed by atoms with Crippen LogP contribution in [0.15, 0.2) is 0 Å². The number of hydrogen-bond acceptors (Lipinski definition) is 4. The van der Waals surface area contributed by atoms with Gasteiger partial charge in [0, 0.05) is 6.54 Å². The zero-order valence-electron chi connectivity index (χ0n) is 18.0. The van der Waals surface area contributed by atoms with E-state index in [4.69, 9.17) is 5.73 Å². The molecule has 7 nitrogen and oxygen atoms in total. The van der Waals surface area contributed by atoms with Crippen molar-refractivity contribution in [3.05, 3.63) is 0 Å². The highest BCUT2D eigenvalue weighted by Gasteiger charge is 2.37. The van der Waals surface area contributed by atoms with E-state index in [1.807, 2.05) is 13.8 Å². The van der Waals surface area contributed by atoms with E-state index in [0.717, 1.165) is 6.42 Å². The van der Waals surface area contributed by atoms with Gasteiger partial charge in [0.2, 0.25) is 17.7 Å². The summed E-state index contributed by atoms with van der Waals surface area (Å²) < 4.78 is 0. The van der Waals surface area contributed by atoms with E-state index in [1.165, 1.54) is 25.7 Å². The molecule has 0 spiro atoms.